The second kappa shape index (κ2) is 4.84. The van der Waals surface area contributed by atoms with Gasteiger partial charge in [0, 0.05) is 6.07 Å². The smallest absolute Gasteiger partial charge is 0.496 e. The van der Waals surface area contributed by atoms with Crippen molar-refractivity contribution in [3.63, 3.8) is 0 Å². The van der Waals surface area contributed by atoms with Crippen LogP contribution in [-0.2, 0) is 10.1 Å². The number of hydrogen-bond acceptors (Lipinski definition) is 5. The zero-order valence-electron chi connectivity index (χ0n) is 8.89. The standard InChI is InChI=1S/C9H7F3O5S/c1-16-8-4-7(3-2-6(8)5-13)17-18(14,15)9(10,11)12/h2-5H,1H3. The van der Waals surface area contributed by atoms with Crippen LogP contribution in [0.1, 0.15) is 10.4 Å². The predicted octanol–water partition coefficient (Wildman–Crippen LogP) is 1.74. The number of benzene rings is 1. The van der Waals surface area contributed by atoms with E-state index in [-0.39, 0.29) is 11.3 Å². The van der Waals surface area contributed by atoms with Gasteiger partial charge < -0.3 is 8.92 Å². The van der Waals surface area contributed by atoms with Crippen LogP contribution < -0.4 is 8.92 Å². The average Bonchev–Trinajstić information content (AvgIpc) is 2.26. The molecule has 0 saturated carbocycles. The van der Waals surface area contributed by atoms with Gasteiger partial charge in [-0.2, -0.15) is 21.6 Å². The first-order valence-electron chi connectivity index (χ1n) is 4.35. The largest absolute Gasteiger partial charge is 0.534 e. The van der Waals surface area contributed by atoms with E-state index in [0.29, 0.717) is 6.29 Å². The molecule has 5 nitrogen and oxygen atoms in total. The molecule has 18 heavy (non-hydrogen) atoms. The highest BCUT2D eigenvalue weighted by molar-refractivity contribution is 7.87. The average molecular weight is 284 g/mol. The van der Waals surface area contributed by atoms with Crippen molar-refractivity contribution in [1.29, 1.82) is 0 Å². The minimum atomic E-state index is -5.74. The Labute approximate surface area is 100 Å². The maximum absolute atomic E-state index is 12.0. The number of hydrogen-bond donors (Lipinski definition) is 0. The fourth-order valence-corrected chi connectivity index (χ4v) is 1.47. The van der Waals surface area contributed by atoms with Gasteiger partial charge in [0.05, 0.1) is 12.7 Å². The molecule has 0 spiro atoms. The monoisotopic (exact) mass is 284 g/mol. The van der Waals surface area contributed by atoms with Crippen molar-refractivity contribution in [2.24, 2.45) is 0 Å². The molecule has 9 heteroatoms. The molecule has 0 aliphatic heterocycles. The van der Waals surface area contributed by atoms with Gasteiger partial charge >= 0.3 is 15.6 Å². The second-order valence-corrected chi connectivity index (χ2v) is 4.54. The number of rotatable bonds is 4. The van der Waals surface area contributed by atoms with Gasteiger partial charge in [0.2, 0.25) is 0 Å². The van der Waals surface area contributed by atoms with Crippen molar-refractivity contribution in [3.05, 3.63) is 23.8 Å². The molecular formula is C9H7F3O5S. The quantitative estimate of drug-likeness (QED) is 0.478. The molecule has 0 unspecified atom stereocenters. The van der Waals surface area contributed by atoms with E-state index in [0.717, 1.165) is 18.2 Å². The summed E-state index contributed by atoms with van der Waals surface area (Å²) in [6.45, 7) is 0. The number of carbonyl (C=O) groups is 1. The Kier molecular flexibility index (Phi) is 3.85. The minimum Gasteiger partial charge on any atom is -0.496 e. The number of alkyl halides is 3. The van der Waals surface area contributed by atoms with Crippen LogP contribution in [0.5, 0.6) is 11.5 Å². The van der Waals surface area contributed by atoms with Crippen LogP contribution in [0.4, 0.5) is 13.2 Å². The summed E-state index contributed by atoms with van der Waals surface area (Å²) in [6, 6.07) is 2.86. The minimum absolute atomic E-state index is 0.0502. The molecule has 0 N–H and O–H groups in total. The molecule has 0 aromatic heterocycles. The first-order valence-corrected chi connectivity index (χ1v) is 5.76. The van der Waals surface area contributed by atoms with Crippen molar-refractivity contribution in [1.82, 2.24) is 0 Å². The number of aldehydes is 1. The van der Waals surface area contributed by atoms with Crippen LogP contribution >= 0.6 is 0 Å². The second-order valence-electron chi connectivity index (χ2n) is 3.00. The Morgan fingerprint density at radius 3 is 2.33 bits per heavy atom. The number of halogens is 3. The fourth-order valence-electron chi connectivity index (χ4n) is 1.01. The van der Waals surface area contributed by atoms with E-state index in [2.05, 4.69) is 8.92 Å². The van der Waals surface area contributed by atoms with Gasteiger partial charge in [0.1, 0.15) is 11.5 Å². The highest BCUT2D eigenvalue weighted by atomic mass is 32.2. The zero-order valence-corrected chi connectivity index (χ0v) is 9.71. The molecule has 0 aliphatic carbocycles. The van der Waals surface area contributed by atoms with Crippen LogP contribution in [0, 0.1) is 0 Å². The van der Waals surface area contributed by atoms with Gasteiger partial charge in [-0.25, -0.2) is 0 Å². The van der Waals surface area contributed by atoms with Gasteiger partial charge in [-0.1, -0.05) is 0 Å². The van der Waals surface area contributed by atoms with E-state index in [1.54, 1.807) is 0 Å². The van der Waals surface area contributed by atoms with E-state index >= 15 is 0 Å². The third kappa shape index (κ3) is 2.92. The normalized spacial score (nSPS) is 12.0. The van der Waals surface area contributed by atoms with E-state index in [1.165, 1.54) is 7.11 Å². The number of methoxy groups -OCH3 is 1. The van der Waals surface area contributed by atoms with Crippen LogP contribution in [0.2, 0.25) is 0 Å². The van der Waals surface area contributed by atoms with Gasteiger partial charge in [-0.05, 0) is 12.1 Å². The summed E-state index contributed by atoms with van der Waals surface area (Å²) >= 11 is 0. The molecule has 0 saturated heterocycles. The van der Waals surface area contributed by atoms with Crippen LogP contribution in [0.15, 0.2) is 18.2 Å². The van der Waals surface area contributed by atoms with Gasteiger partial charge in [0.25, 0.3) is 0 Å². The fraction of sp³-hybridized carbons (Fsp3) is 0.222. The summed E-state index contributed by atoms with van der Waals surface area (Å²) in [5, 5.41) is 0. The van der Waals surface area contributed by atoms with Crippen molar-refractivity contribution in [2.45, 2.75) is 5.51 Å². The third-order valence-corrected chi connectivity index (χ3v) is 2.80. The Morgan fingerprint density at radius 2 is 1.89 bits per heavy atom. The molecule has 1 aromatic carbocycles. The summed E-state index contributed by atoms with van der Waals surface area (Å²) in [5.74, 6) is -0.699. The van der Waals surface area contributed by atoms with Crippen molar-refractivity contribution < 1.29 is 35.3 Å². The highest BCUT2D eigenvalue weighted by Crippen LogP contribution is 2.29. The van der Waals surface area contributed by atoms with E-state index < -0.39 is 21.4 Å². The van der Waals surface area contributed by atoms with E-state index in [9.17, 15) is 26.4 Å². The molecule has 0 aliphatic rings. The van der Waals surface area contributed by atoms with Gasteiger partial charge in [-0.3, -0.25) is 4.79 Å². The van der Waals surface area contributed by atoms with Crippen molar-refractivity contribution in [3.8, 4) is 11.5 Å². The molecule has 100 valence electrons. The molecule has 0 radical (unpaired) electrons. The van der Waals surface area contributed by atoms with E-state index in [1.807, 2.05) is 0 Å². The molecule has 0 bridgehead atoms. The molecule has 0 atom stereocenters. The summed E-state index contributed by atoms with van der Waals surface area (Å²) in [4.78, 5) is 10.5. The molecule has 0 fully saturated rings. The van der Waals surface area contributed by atoms with Crippen molar-refractivity contribution >= 4 is 16.4 Å². The Bertz CT molecular complexity index is 550. The summed E-state index contributed by atoms with van der Waals surface area (Å²) < 4.78 is 66.1. The highest BCUT2D eigenvalue weighted by Gasteiger charge is 2.48. The molecule has 0 heterocycles. The lowest BCUT2D eigenvalue weighted by Gasteiger charge is -2.10. The van der Waals surface area contributed by atoms with E-state index in [4.69, 9.17) is 0 Å². The zero-order chi connectivity index (χ0) is 14.0. The van der Waals surface area contributed by atoms with Gasteiger partial charge in [-0.15, -0.1) is 0 Å². The lowest BCUT2D eigenvalue weighted by atomic mass is 10.2. The Balaban J connectivity index is 3.11. The Morgan fingerprint density at radius 1 is 1.28 bits per heavy atom. The first kappa shape index (κ1) is 14.3. The maximum atomic E-state index is 12.0. The molecule has 0 amide bonds. The summed E-state index contributed by atoms with van der Waals surface area (Å²) in [6.07, 6.45) is 0.404. The number of carbonyl (C=O) groups excluding carboxylic acids is 1. The lowest BCUT2D eigenvalue weighted by Crippen LogP contribution is -2.28. The lowest BCUT2D eigenvalue weighted by molar-refractivity contribution is -0.0500. The van der Waals surface area contributed by atoms with Crippen LogP contribution in [0.3, 0.4) is 0 Å². The first-order chi connectivity index (χ1) is 8.21. The molecular weight excluding hydrogens is 277 g/mol. The summed E-state index contributed by atoms with van der Waals surface area (Å²) in [7, 11) is -4.57. The SMILES string of the molecule is COc1cc(OS(=O)(=O)C(F)(F)F)ccc1C=O. The summed E-state index contributed by atoms with van der Waals surface area (Å²) in [5.41, 5.74) is -5.47. The topological polar surface area (TPSA) is 69.7 Å². The Hall–Kier alpha value is -1.77. The third-order valence-electron chi connectivity index (χ3n) is 1.82. The van der Waals surface area contributed by atoms with Crippen LogP contribution in [0.25, 0.3) is 0 Å². The molecule has 1 rings (SSSR count). The number of ether oxygens (including phenoxy) is 1. The van der Waals surface area contributed by atoms with Crippen molar-refractivity contribution in [2.75, 3.05) is 7.11 Å². The predicted molar refractivity (Wildman–Crippen MR) is 54.0 cm³/mol. The van der Waals surface area contributed by atoms with Crippen LogP contribution in [-0.4, -0.2) is 27.3 Å². The molecule has 1 aromatic rings. The van der Waals surface area contributed by atoms with Gasteiger partial charge in [0.15, 0.2) is 6.29 Å². The maximum Gasteiger partial charge on any atom is 0.534 e.